The Morgan fingerprint density at radius 2 is 1.44 bits per heavy atom. The molecule has 2 aromatic carbocycles. The van der Waals surface area contributed by atoms with Crippen molar-refractivity contribution in [2.75, 3.05) is 33.9 Å². The number of aliphatic hydroxyl groups is 1. The van der Waals surface area contributed by atoms with Gasteiger partial charge in [0.1, 0.15) is 23.2 Å². The van der Waals surface area contributed by atoms with Gasteiger partial charge in [0.05, 0.1) is 26.9 Å². The van der Waals surface area contributed by atoms with Crippen molar-refractivity contribution in [2.45, 2.75) is 194 Å². The second-order valence-corrected chi connectivity index (χ2v) is 24.2. The standard InChI is InChI=1S/C64H96N2O7/c1-45(2)17-15-19-47(4)57-33-34-58-56-32-27-50-44-55(35-38-62(50,5)59(56)36-39-63(57,58)6)73-61(69)66-41-14-10-12-22-60(68)65-40-13-9-11-21-52(67)37-42-72-64(51-20-16-18-46(3)43-51,48-23-28-53(70-7)29-24-48)49-25-30-54(71-8)31-26-49/h16,20,23-31,43,45-47,52,55-59,67H,9-15,17-19,21-22,32-42,44H2,1-8H3,(H,65,68)(H,66,69)/t46?,47-,52?,55+,56?,57-,58?,59?,62+,63-/m0/s1. The van der Waals surface area contributed by atoms with Gasteiger partial charge in [0.2, 0.25) is 5.91 Å². The summed E-state index contributed by atoms with van der Waals surface area (Å²) in [6.07, 6.45) is 30.1. The van der Waals surface area contributed by atoms with Crippen LogP contribution in [0, 0.1) is 52.3 Å². The Morgan fingerprint density at radius 1 is 0.753 bits per heavy atom. The largest absolute Gasteiger partial charge is 0.497 e. The van der Waals surface area contributed by atoms with Crippen molar-refractivity contribution in [2.24, 2.45) is 52.3 Å². The molecule has 5 aliphatic rings. The Hall–Kier alpha value is -4.08. The van der Waals surface area contributed by atoms with Gasteiger partial charge in [0.25, 0.3) is 0 Å². The number of amides is 2. The monoisotopic (exact) mass is 1000 g/mol. The van der Waals surface area contributed by atoms with Gasteiger partial charge in [-0.15, -0.1) is 0 Å². The highest BCUT2D eigenvalue weighted by Crippen LogP contribution is 2.67. The number of unbranched alkanes of at least 4 members (excludes halogenated alkanes) is 4. The summed E-state index contributed by atoms with van der Waals surface area (Å²) >= 11 is 0. The molecule has 3 fully saturated rings. The Morgan fingerprint density at radius 3 is 2.11 bits per heavy atom. The van der Waals surface area contributed by atoms with Crippen LogP contribution in [0.1, 0.15) is 188 Å². The number of benzene rings is 2. The van der Waals surface area contributed by atoms with Gasteiger partial charge in [-0.25, -0.2) is 4.79 Å². The fourth-order valence-corrected chi connectivity index (χ4v) is 14.7. The van der Waals surface area contributed by atoms with Crippen LogP contribution in [0.3, 0.4) is 0 Å². The number of alkyl carbamates (subject to hydrolysis) is 1. The van der Waals surface area contributed by atoms with Crippen LogP contribution >= 0.6 is 0 Å². The lowest BCUT2D eigenvalue weighted by molar-refractivity contribution is -0.121. The number of carbonyl (C=O) groups is 2. The topological polar surface area (TPSA) is 115 Å². The molecular weight excluding hydrogens is 909 g/mol. The Bertz CT molecular complexity index is 2100. The summed E-state index contributed by atoms with van der Waals surface area (Å²) in [4.78, 5) is 25.5. The Balaban J connectivity index is 0.748. The average molecular weight is 1010 g/mol. The fourth-order valence-electron chi connectivity index (χ4n) is 14.7. The molecular formula is C64H96N2O7. The van der Waals surface area contributed by atoms with Crippen LogP contribution in [0.2, 0.25) is 0 Å². The van der Waals surface area contributed by atoms with E-state index in [1.165, 1.54) is 51.4 Å². The summed E-state index contributed by atoms with van der Waals surface area (Å²) in [6, 6.07) is 16.2. The van der Waals surface area contributed by atoms with Crippen molar-refractivity contribution >= 4 is 12.0 Å². The lowest BCUT2D eigenvalue weighted by Gasteiger charge is -2.58. The molecule has 5 aliphatic carbocycles. The number of hydrogen-bond acceptors (Lipinski definition) is 7. The molecule has 0 aliphatic heterocycles. The molecule has 2 amide bonds. The van der Waals surface area contributed by atoms with Crippen molar-refractivity contribution in [3.8, 4) is 11.5 Å². The second-order valence-electron chi connectivity index (χ2n) is 24.2. The highest BCUT2D eigenvalue weighted by molar-refractivity contribution is 5.75. The van der Waals surface area contributed by atoms with Crippen molar-refractivity contribution in [3.05, 3.63) is 95.1 Å². The molecule has 7 rings (SSSR count). The number of methoxy groups -OCH3 is 2. The highest BCUT2D eigenvalue weighted by Gasteiger charge is 2.59. The minimum atomic E-state index is -0.883. The van der Waals surface area contributed by atoms with E-state index >= 15 is 0 Å². The average Bonchev–Trinajstić information content (AvgIpc) is 3.75. The van der Waals surface area contributed by atoms with Gasteiger partial charge in [-0.1, -0.05) is 134 Å². The number of aliphatic hydroxyl groups excluding tert-OH is 1. The number of hydrogen-bond donors (Lipinski definition) is 3. The zero-order valence-electron chi connectivity index (χ0n) is 46.5. The maximum atomic E-state index is 12.9. The first kappa shape index (κ1) is 56.6. The number of carbonyl (C=O) groups excluding carboxylic acids is 2. The molecule has 9 nitrogen and oxygen atoms in total. The Labute approximate surface area is 441 Å². The van der Waals surface area contributed by atoms with E-state index in [4.69, 9.17) is 18.9 Å². The van der Waals surface area contributed by atoms with Gasteiger partial charge in [-0.05, 0) is 177 Å². The van der Waals surface area contributed by atoms with E-state index in [1.807, 2.05) is 24.3 Å². The maximum Gasteiger partial charge on any atom is 0.407 e. The first-order valence-electron chi connectivity index (χ1n) is 29.1. The first-order chi connectivity index (χ1) is 35.2. The molecule has 0 aromatic heterocycles. The predicted octanol–water partition coefficient (Wildman–Crippen LogP) is 14.6. The SMILES string of the molecule is COc1ccc(C(OCCC(O)CCCCCNC(=O)CCCCCNC(=O)O[C@@H]2CC[C@]3(C)C(=CCC4C3CC[C@]3(C)C4CC[C@H]3[C@@H](C)CCCC(C)C)C2)(C2=CC(C)CC=C2)c2ccc(OC)cc2)cc1. The van der Waals surface area contributed by atoms with Crippen molar-refractivity contribution in [1.82, 2.24) is 10.6 Å². The van der Waals surface area contributed by atoms with Gasteiger partial charge < -0.3 is 34.7 Å². The molecule has 0 radical (unpaired) electrons. The quantitative estimate of drug-likeness (QED) is 0.0603. The van der Waals surface area contributed by atoms with E-state index in [1.54, 1.807) is 19.8 Å². The molecule has 10 atom stereocenters. The third-order valence-electron chi connectivity index (χ3n) is 18.9. The number of fused-ring (bicyclic) bond motifs is 5. The predicted molar refractivity (Wildman–Crippen MR) is 296 cm³/mol. The lowest BCUT2D eigenvalue weighted by Crippen LogP contribution is -2.51. The Kier molecular flexibility index (Phi) is 20.6. The number of rotatable bonds is 27. The van der Waals surface area contributed by atoms with Crippen molar-refractivity contribution < 1.29 is 33.6 Å². The summed E-state index contributed by atoms with van der Waals surface area (Å²) in [6.45, 7) is 16.3. The van der Waals surface area contributed by atoms with Gasteiger partial charge in [0, 0.05) is 25.9 Å². The van der Waals surface area contributed by atoms with E-state index in [0.717, 1.165) is 128 Å². The zero-order valence-corrected chi connectivity index (χ0v) is 46.5. The minimum absolute atomic E-state index is 0.0459. The molecule has 404 valence electrons. The molecule has 3 N–H and O–H groups in total. The smallest absolute Gasteiger partial charge is 0.407 e. The van der Waals surface area contributed by atoms with E-state index in [0.29, 0.717) is 50.3 Å². The highest BCUT2D eigenvalue weighted by atomic mass is 16.6. The van der Waals surface area contributed by atoms with Crippen LogP contribution in [0.25, 0.3) is 0 Å². The van der Waals surface area contributed by atoms with Gasteiger partial charge in [-0.2, -0.15) is 0 Å². The van der Waals surface area contributed by atoms with E-state index < -0.39 is 11.7 Å². The molecule has 9 heteroatoms. The molecule has 5 unspecified atom stereocenters. The number of ether oxygens (including phenoxy) is 4. The molecule has 0 spiro atoms. The fraction of sp³-hybridized carbons (Fsp3) is 0.688. The van der Waals surface area contributed by atoms with E-state index in [-0.39, 0.29) is 23.5 Å². The van der Waals surface area contributed by atoms with E-state index in [9.17, 15) is 14.7 Å². The number of nitrogens with one attached hydrogen (secondary N) is 2. The van der Waals surface area contributed by atoms with Crippen LogP contribution in [-0.2, 0) is 19.9 Å². The molecule has 3 saturated carbocycles. The third kappa shape index (κ3) is 14.1. The zero-order chi connectivity index (χ0) is 52.0. The summed E-state index contributed by atoms with van der Waals surface area (Å²) in [7, 11) is 3.34. The summed E-state index contributed by atoms with van der Waals surface area (Å²) in [5, 5.41) is 17.2. The van der Waals surface area contributed by atoms with E-state index in [2.05, 4.69) is 101 Å². The second kappa shape index (κ2) is 26.6. The maximum absolute atomic E-state index is 12.9. The normalized spacial score (nSPS) is 27.4. The van der Waals surface area contributed by atoms with Crippen LogP contribution in [-0.4, -0.2) is 63.2 Å². The van der Waals surface area contributed by atoms with Gasteiger partial charge >= 0.3 is 6.09 Å². The van der Waals surface area contributed by atoms with Gasteiger partial charge in [0.15, 0.2) is 0 Å². The lowest BCUT2D eigenvalue weighted by atomic mass is 9.47. The van der Waals surface area contributed by atoms with Crippen LogP contribution in [0.15, 0.2) is 84.0 Å². The molecule has 0 saturated heterocycles. The van der Waals surface area contributed by atoms with Crippen molar-refractivity contribution in [1.29, 1.82) is 0 Å². The summed E-state index contributed by atoms with van der Waals surface area (Å²) < 4.78 is 24.0. The van der Waals surface area contributed by atoms with Crippen LogP contribution in [0.4, 0.5) is 4.79 Å². The number of allylic oxidation sites excluding steroid dienone is 3. The molecule has 73 heavy (non-hydrogen) atoms. The minimum Gasteiger partial charge on any atom is -0.497 e. The molecule has 2 aromatic rings. The van der Waals surface area contributed by atoms with Crippen LogP contribution < -0.4 is 20.1 Å². The first-order valence-corrected chi connectivity index (χ1v) is 29.1. The van der Waals surface area contributed by atoms with Crippen LogP contribution in [0.5, 0.6) is 11.5 Å². The summed E-state index contributed by atoms with van der Waals surface area (Å²) in [5.74, 6) is 6.94. The third-order valence-corrected chi connectivity index (χ3v) is 18.9. The van der Waals surface area contributed by atoms with Crippen molar-refractivity contribution in [3.63, 3.8) is 0 Å². The molecule has 0 bridgehead atoms. The molecule has 0 heterocycles. The summed E-state index contributed by atoms with van der Waals surface area (Å²) in [5.41, 5.74) is 4.47. The van der Waals surface area contributed by atoms with Gasteiger partial charge in [-0.3, -0.25) is 4.79 Å².